The van der Waals surface area contributed by atoms with E-state index < -0.39 is 0 Å². The van der Waals surface area contributed by atoms with Crippen molar-refractivity contribution >= 4 is 11.6 Å². The van der Waals surface area contributed by atoms with Crippen LogP contribution in [0.15, 0.2) is 24.3 Å². The van der Waals surface area contributed by atoms with Crippen LogP contribution in [0.2, 0.25) is 5.02 Å². The van der Waals surface area contributed by atoms with Gasteiger partial charge in [0.25, 0.3) is 0 Å². The highest BCUT2D eigenvalue weighted by molar-refractivity contribution is 6.30. The van der Waals surface area contributed by atoms with Crippen molar-refractivity contribution in [2.75, 3.05) is 19.6 Å². The van der Waals surface area contributed by atoms with Gasteiger partial charge >= 0.3 is 0 Å². The molecule has 0 saturated carbocycles. The molecule has 69 valence electrons. The molecule has 1 aliphatic heterocycles. The van der Waals surface area contributed by atoms with Crippen molar-refractivity contribution in [2.45, 2.75) is 6.04 Å². The molecule has 0 bridgehead atoms. The molecule has 1 atom stereocenters. The van der Waals surface area contributed by atoms with Crippen LogP contribution in [-0.4, -0.2) is 19.6 Å². The summed E-state index contributed by atoms with van der Waals surface area (Å²) in [5.74, 6) is 0. The molecule has 13 heavy (non-hydrogen) atoms. The summed E-state index contributed by atoms with van der Waals surface area (Å²) in [5.41, 5.74) is 1.27. The van der Waals surface area contributed by atoms with Gasteiger partial charge < -0.3 is 5.32 Å². The largest absolute Gasteiger partial charge is 0.307 e. The summed E-state index contributed by atoms with van der Waals surface area (Å²) in [5, 5.41) is 8.57. The SMILES string of the molecule is Clc1ccc(C2C[N]CCN2)cc1. The Morgan fingerprint density at radius 3 is 2.69 bits per heavy atom. The summed E-state index contributed by atoms with van der Waals surface area (Å²) in [6, 6.07) is 8.34. The first-order valence-electron chi connectivity index (χ1n) is 4.48. The Bertz CT molecular complexity index is 265. The van der Waals surface area contributed by atoms with Crippen LogP contribution >= 0.6 is 11.6 Å². The molecule has 1 N–H and O–H groups in total. The number of nitrogens with zero attached hydrogens (tertiary/aromatic N) is 1. The zero-order chi connectivity index (χ0) is 9.10. The molecule has 1 unspecified atom stereocenters. The van der Waals surface area contributed by atoms with Crippen LogP contribution in [-0.2, 0) is 0 Å². The van der Waals surface area contributed by atoms with Gasteiger partial charge in [-0.1, -0.05) is 23.7 Å². The summed E-state index contributed by atoms with van der Waals surface area (Å²) in [6.07, 6.45) is 0. The zero-order valence-electron chi connectivity index (χ0n) is 7.33. The molecule has 1 radical (unpaired) electrons. The molecule has 0 aliphatic carbocycles. The Morgan fingerprint density at radius 2 is 2.08 bits per heavy atom. The lowest BCUT2D eigenvalue weighted by Gasteiger charge is -2.23. The normalized spacial score (nSPS) is 23.0. The Morgan fingerprint density at radius 1 is 1.31 bits per heavy atom. The third-order valence-corrected chi connectivity index (χ3v) is 2.50. The standard InChI is InChI=1S/C10H12ClN2/c11-9-3-1-8(2-4-9)10-7-12-5-6-13-10/h1-4,10,13H,5-7H2. The van der Waals surface area contributed by atoms with Crippen LogP contribution in [0.1, 0.15) is 11.6 Å². The van der Waals surface area contributed by atoms with Gasteiger partial charge in [0.1, 0.15) is 0 Å². The summed E-state index contributed by atoms with van der Waals surface area (Å²) < 4.78 is 0. The number of hydrogen-bond donors (Lipinski definition) is 1. The van der Waals surface area contributed by atoms with E-state index in [-0.39, 0.29) is 0 Å². The van der Waals surface area contributed by atoms with Crippen molar-refractivity contribution in [3.05, 3.63) is 34.9 Å². The van der Waals surface area contributed by atoms with Gasteiger partial charge in [0.2, 0.25) is 0 Å². The van der Waals surface area contributed by atoms with Crippen LogP contribution in [0.4, 0.5) is 0 Å². The summed E-state index contributed by atoms with van der Waals surface area (Å²) in [7, 11) is 0. The predicted molar refractivity (Wildman–Crippen MR) is 54.1 cm³/mol. The predicted octanol–water partition coefficient (Wildman–Crippen LogP) is 1.59. The van der Waals surface area contributed by atoms with Gasteiger partial charge in [-0.05, 0) is 17.7 Å². The lowest BCUT2D eigenvalue weighted by molar-refractivity contribution is 0.424. The number of nitrogens with one attached hydrogen (secondary N) is 1. The molecule has 0 amide bonds. The van der Waals surface area contributed by atoms with Gasteiger partial charge in [0.15, 0.2) is 0 Å². The zero-order valence-corrected chi connectivity index (χ0v) is 8.09. The van der Waals surface area contributed by atoms with Gasteiger partial charge in [-0.25, -0.2) is 5.32 Å². The summed E-state index contributed by atoms with van der Waals surface area (Å²) in [4.78, 5) is 0. The number of halogens is 1. The molecular formula is C10H12ClN2. The lowest BCUT2D eigenvalue weighted by Crippen LogP contribution is -2.38. The minimum absolute atomic E-state index is 0.381. The van der Waals surface area contributed by atoms with Crippen LogP contribution in [0, 0.1) is 0 Å². The number of hydrogen-bond acceptors (Lipinski definition) is 1. The smallest absolute Gasteiger partial charge is 0.0464 e. The molecule has 3 heteroatoms. The highest BCUT2D eigenvalue weighted by atomic mass is 35.5. The summed E-state index contributed by atoms with van der Waals surface area (Å²) in [6.45, 7) is 2.79. The van der Waals surface area contributed by atoms with E-state index >= 15 is 0 Å². The molecule has 2 nitrogen and oxygen atoms in total. The Labute approximate surface area is 83.3 Å². The average molecular weight is 196 g/mol. The first-order chi connectivity index (χ1) is 6.36. The third-order valence-electron chi connectivity index (χ3n) is 2.24. The van der Waals surface area contributed by atoms with Gasteiger partial charge in [-0.3, -0.25) is 0 Å². The molecule has 1 fully saturated rings. The highest BCUT2D eigenvalue weighted by Crippen LogP contribution is 2.16. The van der Waals surface area contributed by atoms with E-state index in [0.717, 1.165) is 24.7 Å². The average Bonchev–Trinajstić information content (AvgIpc) is 2.20. The number of benzene rings is 1. The summed E-state index contributed by atoms with van der Waals surface area (Å²) >= 11 is 5.81. The van der Waals surface area contributed by atoms with Gasteiger partial charge in [-0.15, -0.1) is 0 Å². The van der Waals surface area contributed by atoms with Crippen LogP contribution in [0.5, 0.6) is 0 Å². The number of piperazine rings is 1. The molecule has 1 aromatic rings. The maximum atomic E-state index is 5.81. The fraction of sp³-hybridized carbons (Fsp3) is 0.400. The van der Waals surface area contributed by atoms with Crippen LogP contribution in [0.3, 0.4) is 0 Å². The highest BCUT2D eigenvalue weighted by Gasteiger charge is 2.14. The minimum Gasteiger partial charge on any atom is -0.307 e. The maximum absolute atomic E-state index is 5.81. The first-order valence-corrected chi connectivity index (χ1v) is 4.86. The molecule has 1 aromatic carbocycles. The van der Waals surface area contributed by atoms with Crippen molar-refractivity contribution in [3.8, 4) is 0 Å². The van der Waals surface area contributed by atoms with Crippen molar-refractivity contribution < 1.29 is 0 Å². The van der Waals surface area contributed by atoms with Crippen molar-refractivity contribution in [2.24, 2.45) is 0 Å². The van der Waals surface area contributed by atoms with E-state index in [1.165, 1.54) is 5.56 Å². The molecular weight excluding hydrogens is 184 g/mol. The molecule has 1 saturated heterocycles. The first kappa shape index (κ1) is 9.00. The molecule has 0 spiro atoms. The topological polar surface area (TPSA) is 26.1 Å². The van der Waals surface area contributed by atoms with Gasteiger partial charge in [-0.2, -0.15) is 0 Å². The Hall–Kier alpha value is -0.570. The Balaban J connectivity index is 2.10. The second kappa shape index (κ2) is 4.09. The Kier molecular flexibility index (Phi) is 2.83. The second-order valence-corrected chi connectivity index (χ2v) is 3.62. The van der Waals surface area contributed by atoms with Crippen molar-refractivity contribution in [1.82, 2.24) is 10.6 Å². The van der Waals surface area contributed by atoms with Crippen molar-refractivity contribution in [3.63, 3.8) is 0 Å². The van der Waals surface area contributed by atoms with E-state index in [1.54, 1.807) is 0 Å². The maximum Gasteiger partial charge on any atom is 0.0464 e. The fourth-order valence-electron chi connectivity index (χ4n) is 1.52. The van der Waals surface area contributed by atoms with Gasteiger partial charge in [0, 0.05) is 30.7 Å². The monoisotopic (exact) mass is 195 g/mol. The van der Waals surface area contributed by atoms with E-state index in [0.29, 0.717) is 6.04 Å². The van der Waals surface area contributed by atoms with E-state index in [2.05, 4.69) is 22.8 Å². The van der Waals surface area contributed by atoms with E-state index in [9.17, 15) is 0 Å². The van der Waals surface area contributed by atoms with Crippen LogP contribution in [0.25, 0.3) is 0 Å². The van der Waals surface area contributed by atoms with E-state index in [4.69, 9.17) is 11.6 Å². The minimum atomic E-state index is 0.381. The quantitative estimate of drug-likeness (QED) is 0.724. The van der Waals surface area contributed by atoms with E-state index in [1.807, 2.05) is 12.1 Å². The number of rotatable bonds is 1. The molecule has 1 heterocycles. The lowest BCUT2D eigenvalue weighted by atomic mass is 10.1. The van der Waals surface area contributed by atoms with Gasteiger partial charge in [0.05, 0.1) is 0 Å². The van der Waals surface area contributed by atoms with Crippen LogP contribution < -0.4 is 10.6 Å². The molecule has 2 rings (SSSR count). The third kappa shape index (κ3) is 2.21. The second-order valence-electron chi connectivity index (χ2n) is 3.19. The fourth-order valence-corrected chi connectivity index (χ4v) is 1.65. The molecule has 0 aromatic heterocycles. The molecule has 1 aliphatic rings. The van der Waals surface area contributed by atoms with Crippen molar-refractivity contribution in [1.29, 1.82) is 0 Å².